The summed E-state index contributed by atoms with van der Waals surface area (Å²) in [7, 11) is 0. The molecule has 0 radical (unpaired) electrons. The van der Waals surface area contributed by atoms with Crippen LogP contribution in [0.3, 0.4) is 0 Å². The summed E-state index contributed by atoms with van der Waals surface area (Å²) >= 11 is 0. The van der Waals surface area contributed by atoms with Gasteiger partial charge in [-0.05, 0) is 38.5 Å². The summed E-state index contributed by atoms with van der Waals surface area (Å²) in [4.78, 5) is 0. The minimum Gasteiger partial charge on any atom is -0.0702 e. The standard InChI is InChI=1S/C10H14/c1-3-9(4-1)7-8-10-5-2-6-10/h7-8H,1-6H2. The van der Waals surface area contributed by atoms with Gasteiger partial charge in [-0.2, -0.15) is 0 Å². The van der Waals surface area contributed by atoms with Gasteiger partial charge in [-0.3, -0.25) is 0 Å². The topological polar surface area (TPSA) is 0 Å². The van der Waals surface area contributed by atoms with E-state index in [9.17, 15) is 0 Å². The number of hydrogen-bond acceptors (Lipinski definition) is 0. The van der Waals surface area contributed by atoms with Crippen LogP contribution in [0.2, 0.25) is 0 Å². The van der Waals surface area contributed by atoms with Crippen molar-refractivity contribution < 1.29 is 0 Å². The second-order valence-corrected chi connectivity index (χ2v) is 3.36. The molecule has 54 valence electrons. The molecule has 10 heavy (non-hydrogen) atoms. The van der Waals surface area contributed by atoms with Crippen LogP contribution < -0.4 is 0 Å². The maximum atomic E-state index is 2.35. The smallest absolute Gasteiger partial charge is 0.0314 e. The Bertz CT molecular complexity index is 150. The first kappa shape index (κ1) is 6.21. The molecule has 0 atom stereocenters. The van der Waals surface area contributed by atoms with Gasteiger partial charge in [0.15, 0.2) is 0 Å². The Balaban J connectivity index is 1.89. The summed E-state index contributed by atoms with van der Waals surface area (Å²) < 4.78 is 0. The molecule has 0 aliphatic heterocycles. The lowest BCUT2D eigenvalue weighted by atomic mass is 9.88. The Kier molecular flexibility index (Phi) is 1.62. The van der Waals surface area contributed by atoms with E-state index < -0.39 is 0 Å². The van der Waals surface area contributed by atoms with Crippen molar-refractivity contribution in [1.82, 2.24) is 0 Å². The van der Waals surface area contributed by atoms with E-state index in [4.69, 9.17) is 0 Å². The highest BCUT2D eigenvalue weighted by Gasteiger charge is 2.09. The van der Waals surface area contributed by atoms with E-state index >= 15 is 0 Å². The molecule has 0 spiro atoms. The second kappa shape index (κ2) is 2.61. The Morgan fingerprint density at radius 1 is 0.700 bits per heavy atom. The largest absolute Gasteiger partial charge is 0.0702 e. The average Bonchev–Trinajstić information content (AvgIpc) is 1.70. The maximum Gasteiger partial charge on any atom is -0.0314 e. The highest BCUT2D eigenvalue weighted by atomic mass is 14.1. The van der Waals surface area contributed by atoms with Crippen LogP contribution in [0.25, 0.3) is 0 Å². The summed E-state index contributed by atoms with van der Waals surface area (Å²) in [5.41, 5.74) is 3.33. The van der Waals surface area contributed by atoms with Crippen LogP contribution in [0.4, 0.5) is 0 Å². The number of hydrogen-bond donors (Lipinski definition) is 0. The van der Waals surface area contributed by atoms with Crippen molar-refractivity contribution in [2.45, 2.75) is 38.5 Å². The van der Waals surface area contributed by atoms with Crippen LogP contribution in [0.15, 0.2) is 23.3 Å². The van der Waals surface area contributed by atoms with Crippen molar-refractivity contribution >= 4 is 0 Å². The van der Waals surface area contributed by atoms with E-state index in [2.05, 4.69) is 12.2 Å². The molecule has 0 nitrogen and oxygen atoms in total. The van der Waals surface area contributed by atoms with Crippen molar-refractivity contribution in [2.75, 3.05) is 0 Å². The van der Waals surface area contributed by atoms with E-state index in [0.717, 1.165) is 0 Å². The molecule has 0 aromatic heterocycles. The van der Waals surface area contributed by atoms with E-state index in [0.29, 0.717) is 0 Å². The molecule has 0 aromatic rings. The third-order valence-electron chi connectivity index (χ3n) is 2.55. The highest BCUT2D eigenvalue weighted by molar-refractivity contribution is 5.23. The average molecular weight is 134 g/mol. The van der Waals surface area contributed by atoms with Gasteiger partial charge < -0.3 is 0 Å². The fourth-order valence-electron chi connectivity index (χ4n) is 1.33. The van der Waals surface area contributed by atoms with Gasteiger partial charge in [0.25, 0.3) is 0 Å². The van der Waals surface area contributed by atoms with Crippen LogP contribution in [-0.4, -0.2) is 0 Å². The molecule has 0 heterocycles. The molecular weight excluding hydrogens is 120 g/mol. The van der Waals surface area contributed by atoms with E-state index in [1.54, 1.807) is 11.1 Å². The zero-order chi connectivity index (χ0) is 6.81. The van der Waals surface area contributed by atoms with E-state index in [1.165, 1.54) is 38.5 Å². The van der Waals surface area contributed by atoms with Crippen LogP contribution in [0.1, 0.15) is 38.5 Å². The first-order chi connectivity index (χ1) is 4.95. The van der Waals surface area contributed by atoms with Crippen molar-refractivity contribution in [3.8, 4) is 0 Å². The first-order valence-electron chi connectivity index (χ1n) is 4.32. The fourth-order valence-corrected chi connectivity index (χ4v) is 1.33. The number of rotatable bonds is 1. The highest BCUT2D eigenvalue weighted by Crippen LogP contribution is 2.28. The monoisotopic (exact) mass is 134 g/mol. The summed E-state index contributed by atoms with van der Waals surface area (Å²) in [5.74, 6) is 0. The lowest BCUT2D eigenvalue weighted by molar-refractivity contribution is 0.653. The van der Waals surface area contributed by atoms with Crippen molar-refractivity contribution in [3.63, 3.8) is 0 Å². The molecule has 2 aliphatic carbocycles. The minimum absolute atomic E-state index is 1.36. The summed E-state index contributed by atoms with van der Waals surface area (Å²) in [5, 5.41) is 0. The van der Waals surface area contributed by atoms with Gasteiger partial charge in [-0.25, -0.2) is 0 Å². The van der Waals surface area contributed by atoms with Crippen LogP contribution >= 0.6 is 0 Å². The fraction of sp³-hybridized carbons (Fsp3) is 0.600. The lowest BCUT2D eigenvalue weighted by Crippen LogP contribution is -1.98. The molecule has 0 aromatic carbocycles. The van der Waals surface area contributed by atoms with Crippen molar-refractivity contribution in [2.24, 2.45) is 0 Å². The van der Waals surface area contributed by atoms with Crippen molar-refractivity contribution in [1.29, 1.82) is 0 Å². The lowest BCUT2D eigenvalue weighted by Gasteiger charge is -2.18. The minimum atomic E-state index is 1.36. The Morgan fingerprint density at radius 3 is 1.30 bits per heavy atom. The zero-order valence-electron chi connectivity index (χ0n) is 6.40. The van der Waals surface area contributed by atoms with E-state index in [-0.39, 0.29) is 0 Å². The van der Waals surface area contributed by atoms with Gasteiger partial charge in [-0.1, -0.05) is 23.3 Å². The first-order valence-corrected chi connectivity index (χ1v) is 4.32. The summed E-state index contributed by atoms with van der Waals surface area (Å²) in [6.45, 7) is 0. The molecule has 0 amide bonds. The molecular formula is C10H14. The third kappa shape index (κ3) is 1.16. The van der Waals surface area contributed by atoms with Gasteiger partial charge in [-0.15, -0.1) is 0 Å². The Hall–Kier alpha value is -0.520. The molecule has 2 rings (SSSR count). The Labute approximate surface area is 62.6 Å². The van der Waals surface area contributed by atoms with Gasteiger partial charge >= 0.3 is 0 Å². The SMILES string of the molecule is C(C=C1CCC1)=C1CCC1. The maximum absolute atomic E-state index is 2.35. The van der Waals surface area contributed by atoms with Gasteiger partial charge in [0.2, 0.25) is 0 Å². The third-order valence-corrected chi connectivity index (χ3v) is 2.55. The van der Waals surface area contributed by atoms with E-state index in [1.807, 2.05) is 0 Å². The van der Waals surface area contributed by atoms with Crippen molar-refractivity contribution in [3.05, 3.63) is 23.3 Å². The predicted octanol–water partition coefficient (Wildman–Crippen LogP) is 3.21. The molecule has 2 saturated carbocycles. The quantitative estimate of drug-likeness (QED) is 0.516. The zero-order valence-corrected chi connectivity index (χ0v) is 6.40. The number of allylic oxidation sites excluding steroid dienone is 4. The Morgan fingerprint density at radius 2 is 1.10 bits per heavy atom. The summed E-state index contributed by atoms with van der Waals surface area (Å²) in [6, 6.07) is 0. The van der Waals surface area contributed by atoms with Crippen LogP contribution in [0, 0.1) is 0 Å². The molecule has 2 aliphatic rings. The van der Waals surface area contributed by atoms with Gasteiger partial charge in [0.05, 0.1) is 0 Å². The van der Waals surface area contributed by atoms with Crippen LogP contribution in [0.5, 0.6) is 0 Å². The second-order valence-electron chi connectivity index (χ2n) is 3.36. The molecule has 0 unspecified atom stereocenters. The predicted molar refractivity (Wildman–Crippen MR) is 43.9 cm³/mol. The normalized spacial score (nSPS) is 23.2. The molecule has 2 fully saturated rings. The van der Waals surface area contributed by atoms with Gasteiger partial charge in [0.1, 0.15) is 0 Å². The van der Waals surface area contributed by atoms with Crippen LogP contribution in [-0.2, 0) is 0 Å². The molecule has 0 bridgehead atoms. The molecule has 0 saturated heterocycles. The van der Waals surface area contributed by atoms with Gasteiger partial charge in [0, 0.05) is 0 Å². The molecule has 0 heteroatoms. The molecule has 0 N–H and O–H groups in total. The summed E-state index contributed by atoms with van der Waals surface area (Å²) in [6.07, 6.45) is 13.0.